The lowest BCUT2D eigenvalue weighted by Gasteiger charge is -1.98. The summed E-state index contributed by atoms with van der Waals surface area (Å²) in [6.45, 7) is 1.68. The van der Waals surface area contributed by atoms with Gasteiger partial charge in [0.1, 0.15) is 0 Å². The predicted octanol–water partition coefficient (Wildman–Crippen LogP) is 2.49. The van der Waals surface area contributed by atoms with Crippen molar-refractivity contribution in [2.75, 3.05) is 5.88 Å². The van der Waals surface area contributed by atoms with Crippen molar-refractivity contribution in [1.82, 2.24) is 0 Å². The molecule has 0 aromatic heterocycles. The highest BCUT2D eigenvalue weighted by Gasteiger charge is 2.11. The first-order valence-corrected chi connectivity index (χ1v) is 4.49. The van der Waals surface area contributed by atoms with E-state index in [2.05, 4.69) is 11.8 Å². The quantitative estimate of drug-likeness (QED) is 0.309. The molecule has 3 nitrogen and oxygen atoms in total. The van der Waals surface area contributed by atoms with E-state index in [9.17, 15) is 10.1 Å². The lowest BCUT2D eigenvalue weighted by molar-refractivity contribution is -0.385. The number of halogens is 1. The van der Waals surface area contributed by atoms with E-state index in [4.69, 9.17) is 11.6 Å². The molecule has 0 atom stereocenters. The van der Waals surface area contributed by atoms with Crippen molar-refractivity contribution in [1.29, 1.82) is 0 Å². The second kappa shape index (κ2) is 4.64. The van der Waals surface area contributed by atoms with Crippen LogP contribution in [0.15, 0.2) is 18.2 Å². The van der Waals surface area contributed by atoms with Crippen LogP contribution in [-0.2, 0) is 0 Å². The van der Waals surface area contributed by atoms with E-state index in [0.29, 0.717) is 11.1 Å². The van der Waals surface area contributed by atoms with E-state index < -0.39 is 4.92 Å². The van der Waals surface area contributed by atoms with Crippen LogP contribution >= 0.6 is 11.6 Å². The number of benzene rings is 1. The Labute approximate surface area is 86.8 Å². The normalized spacial score (nSPS) is 9.00. The van der Waals surface area contributed by atoms with Gasteiger partial charge in [0, 0.05) is 17.2 Å². The van der Waals surface area contributed by atoms with Crippen LogP contribution in [0.3, 0.4) is 0 Å². The Kier molecular flexibility index (Phi) is 3.49. The fourth-order valence-corrected chi connectivity index (χ4v) is 1.15. The van der Waals surface area contributed by atoms with Crippen molar-refractivity contribution in [3.05, 3.63) is 39.4 Å². The van der Waals surface area contributed by atoms with Crippen LogP contribution in [0.5, 0.6) is 0 Å². The van der Waals surface area contributed by atoms with Crippen molar-refractivity contribution in [3.63, 3.8) is 0 Å². The maximum Gasteiger partial charge on any atom is 0.273 e. The minimum Gasteiger partial charge on any atom is -0.258 e. The Morgan fingerprint density at radius 2 is 2.29 bits per heavy atom. The van der Waals surface area contributed by atoms with Gasteiger partial charge in [0.2, 0.25) is 0 Å². The van der Waals surface area contributed by atoms with E-state index in [1.54, 1.807) is 19.1 Å². The van der Waals surface area contributed by atoms with Gasteiger partial charge in [0.15, 0.2) is 0 Å². The molecule has 0 N–H and O–H groups in total. The van der Waals surface area contributed by atoms with Crippen molar-refractivity contribution < 1.29 is 4.92 Å². The molecule has 0 aliphatic rings. The molecular formula is C10H8ClNO2. The minimum atomic E-state index is -0.415. The van der Waals surface area contributed by atoms with E-state index in [0.717, 1.165) is 0 Å². The Bertz CT molecular complexity index is 418. The molecule has 0 bridgehead atoms. The standard InChI is InChI=1S/C10H8ClNO2/c1-8-9(5-3-7-11)4-2-6-10(8)12(13)14/h2,4,6H,7H2,1H3. The first-order chi connectivity index (χ1) is 6.66. The van der Waals surface area contributed by atoms with Crippen molar-refractivity contribution in [2.24, 2.45) is 0 Å². The van der Waals surface area contributed by atoms with Gasteiger partial charge in [-0.2, -0.15) is 0 Å². The molecule has 1 aromatic carbocycles. The third kappa shape index (κ3) is 2.24. The molecule has 1 rings (SSSR count). The number of nitro groups is 1. The highest BCUT2D eigenvalue weighted by atomic mass is 35.5. The second-order valence-corrected chi connectivity index (χ2v) is 2.91. The van der Waals surface area contributed by atoms with Crippen LogP contribution in [0.4, 0.5) is 5.69 Å². The first-order valence-electron chi connectivity index (χ1n) is 3.95. The average molecular weight is 210 g/mol. The van der Waals surface area contributed by atoms with Crippen LogP contribution in [0.1, 0.15) is 11.1 Å². The van der Waals surface area contributed by atoms with E-state index in [-0.39, 0.29) is 11.6 Å². The summed E-state index contributed by atoms with van der Waals surface area (Å²) in [6, 6.07) is 4.81. The minimum absolute atomic E-state index is 0.0892. The van der Waals surface area contributed by atoms with Gasteiger partial charge in [-0.3, -0.25) is 10.1 Å². The summed E-state index contributed by atoms with van der Waals surface area (Å²) in [5.74, 6) is 5.66. The fraction of sp³-hybridized carbons (Fsp3) is 0.200. The van der Waals surface area contributed by atoms with Gasteiger partial charge in [-0.05, 0) is 13.0 Å². The summed E-state index contributed by atoms with van der Waals surface area (Å²) in [7, 11) is 0. The van der Waals surface area contributed by atoms with Crippen molar-refractivity contribution in [3.8, 4) is 11.8 Å². The molecule has 0 aliphatic heterocycles. The molecule has 0 aliphatic carbocycles. The smallest absolute Gasteiger partial charge is 0.258 e. The number of hydrogen-bond acceptors (Lipinski definition) is 2. The number of alkyl halides is 1. The van der Waals surface area contributed by atoms with Gasteiger partial charge in [-0.15, -0.1) is 11.6 Å². The van der Waals surface area contributed by atoms with Crippen LogP contribution in [0.2, 0.25) is 0 Å². The van der Waals surface area contributed by atoms with Gasteiger partial charge in [-0.25, -0.2) is 0 Å². The van der Waals surface area contributed by atoms with Crippen molar-refractivity contribution >= 4 is 17.3 Å². The molecule has 0 saturated heterocycles. The molecule has 0 unspecified atom stereocenters. The van der Waals surface area contributed by atoms with Crippen LogP contribution < -0.4 is 0 Å². The van der Waals surface area contributed by atoms with Crippen molar-refractivity contribution in [2.45, 2.75) is 6.92 Å². The highest BCUT2D eigenvalue weighted by molar-refractivity contribution is 6.19. The van der Waals surface area contributed by atoms with E-state index in [1.807, 2.05) is 0 Å². The molecule has 0 fully saturated rings. The number of nitrogens with zero attached hydrogens (tertiary/aromatic N) is 1. The largest absolute Gasteiger partial charge is 0.273 e. The zero-order valence-corrected chi connectivity index (χ0v) is 8.34. The third-order valence-electron chi connectivity index (χ3n) is 1.79. The molecule has 14 heavy (non-hydrogen) atoms. The number of rotatable bonds is 1. The number of nitro benzene ring substituents is 1. The van der Waals surface area contributed by atoms with Gasteiger partial charge in [0.05, 0.1) is 10.8 Å². The first kappa shape index (κ1) is 10.6. The second-order valence-electron chi connectivity index (χ2n) is 2.64. The summed E-state index contributed by atoms with van der Waals surface area (Å²) in [5, 5.41) is 10.6. The lowest BCUT2D eigenvalue weighted by atomic mass is 10.1. The highest BCUT2D eigenvalue weighted by Crippen LogP contribution is 2.19. The maximum atomic E-state index is 10.6. The van der Waals surface area contributed by atoms with E-state index in [1.165, 1.54) is 6.07 Å². The summed E-state index contributed by atoms with van der Waals surface area (Å²) in [5.41, 5.74) is 1.32. The Hall–Kier alpha value is -1.53. The molecule has 0 heterocycles. The van der Waals surface area contributed by atoms with Crippen LogP contribution in [-0.4, -0.2) is 10.8 Å². The molecule has 0 spiro atoms. The molecule has 72 valence electrons. The molecule has 0 saturated carbocycles. The van der Waals surface area contributed by atoms with Crippen LogP contribution in [0, 0.1) is 28.9 Å². The maximum absolute atomic E-state index is 10.6. The SMILES string of the molecule is Cc1c(C#CCCl)cccc1[N+](=O)[O-]. The zero-order chi connectivity index (χ0) is 10.6. The monoisotopic (exact) mass is 209 g/mol. The predicted molar refractivity (Wildman–Crippen MR) is 55.4 cm³/mol. The molecule has 0 radical (unpaired) electrons. The Balaban J connectivity index is 3.20. The summed E-state index contributed by atoms with van der Waals surface area (Å²) >= 11 is 5.40. The molecule has 1 aromatic rings. The average Bonchev–Trinajstić information content (AvgIpc) is 2.16. The van der Waals surface area contributed by atoms with Crippen LogP contribution in [0.25, 0.3) is 0 Å². The fourth-order valence-electron chi connectivity index (χ4n) is 1.09. The van der Waals surface area contributed by atoms with Gasteiger partial charge in [0.25, 0.3) is 5.69 Å². The molecular weight excluding hydrogens is 202 g/mol. The Morgan fingerprint density at radius 1 is 1.57 bits per heavy atom. The third-order valence-corrected chi connectivity index (χ3v) is 1.93. The molecule has 0 amide bonds. The van der Waals surface area contributed by atoms with Gasteiger partial charge >= 0.3 is 0 Å². The summed E-state index contributed by atoms with van der Waals surface area (Å²) < 4.78 is 0. The molecule has 4 heteroatoms. The van der Waals surface area contributed by atoms with Gasteiger partial charge in [-0.1, -0.05) is 17.9 Å². The topological polar surface area (TPSA) is 43.1 Å². The van der Waals surface area contributed by atoms with Gasteiger partial charge < -0.3 is 0 Å². The Morgan fingerprint density at radius 3 is 2.86 bits per heavy atom. The lowest BCUT2D eigenvalue weighted by Crippen LogP contribution is -1.93. The van der Waals surface area contributed by atoms with E-state index >= 15 is 0 Å². The summed E-state index contributed by atoms with van der Waals surface area (Å²) in [6.07, 6.45) is 0. The summed E-state index contributed by atoms with van der Waals surface area (Å²) in [4.78, 5) is 10.2. The zero-order valence-electron chi connectivity index (χ0n) is 7.58. The number of hydrogen-bond donors (Lipinski definition) is 0.